The number of amides is 1. The number of nitrogens with two attached hydrogens (primary N) is 1. The summed E-state index contributed by atoms with van der Waals surface area (Å²) in [6.45, 7) is 5.65. The zero-order valence-corrected chi connectivity index (χ0v) is 9.24. The average Bonchev–Trinajstić information content (AvgIpc) is 2.06. The van der Waals surface area contributed by atoms with Crippen molar-refractivity contribution < 1.29 is 4.79 Å². The zero-order valence-electron chi connectivity index (χ0n) is 9.24. The lowest BCUT2D eigenvalue weighted by molar-refractivity contribution is -0.118. The van der Waals surface area contributed by atoms with E-state index in [1.165, 1.54) is 0 Å². The Morgan fingerprint density at radius 1 is 1.47 bits per heavy atom. The minimum atomic E-state index is -0.410. The Hall–Kier alpha value is -1.65. The lowest BCUT2D eigenvalue weighted by Gasteiger charge is -2.25. The Bertz CT molecular complexity index is 362. The molecule has 0 aliphatic rings. The molecule has 0 aromatic carbocycles. The molecular formula is C10H16N4O. The first kappa shape index (κ1) is 11.4. The van der Waals surface area contributed by atoms with Crippen molar-refractivity contribution in [3.05, 3.63) is 18.1 Å². The number of nitrogens with one attached hydrogen (secondary N) is 1. The van der Waals surface area contributed by atoms with Crippen molar-refractivity contribution in [2.45, 2.75) is 32.7 Å². The second-order valence-electron chi connectivity index (χ2n) is 4.14. The molecular weight excluding hydrogens is 192 g/mol. The van der Waals surface area contributed by atoms with E-state index in [1.807, 2.05) is 20.8 Å². The Morgan fingerprint density at radius 2 is 2.07 bits per heavy atom. The smallest absolute Gasteiger partial charge is 0.219 e. The van der Waals surface area contributed by atoms with Gasteiger partial charge in [-0.25, -0.2) is 4.98 Å². The number of carbonyl (C=O) groups is 1. The molecule has 5 heteroatoms. The highest BCUT2D eigenvalue weighted by Gasteiger charge is 2.21. The molecule has 0 unspecified atom stereocenters. The van der Waals surface area contributed by atoms with Crippen molar-refractivity contribution in [3.63, 3.8) is 0 Å². The molecule has 1 amide bonds. The summed E-state index contributed by atoms with van der Waals surface area (Å²) < 4.78 is 0. The van der Waals surface area contributed by atoms with Crippen LogP contribution in [0.2, 0.25) is 0 Å². The minimum absolute atomic E-state index is 0.253. The van der Waals surface area contributed by atoms with Gasteiger partial charge in [0.25, 0.3) is 0 Å². The summed E-state index contributed by atoms with van der Waals surface area (Å²) in [4.78, 5) is 19.1. The molecule has 1 rings (SSSR count). The van der Waals surface area contributed by atoms with E-state index in [2.05, 4.69) is 15.3 Å². The number of aromatic nitrogens is 2. The number of carbonyl (C=O) groups excluding carboxylic acids is 1. The normalized spacial score (nSPS) is 11.1. The van der Waals surface area contributed by atoms with Gasteiger partial charge in [-0.05, 0) is 20.8 Å². The molecule has 0 bridgehead atoms. The highest BCUT2D eigenvalue weighted by molar-refractivity contribution is 5.75. The Kier molecular flexibility index (Phi) is 3.24. The van der Waals surface area contributed by atoms with Crippen LogP contribution >= 0.6 is 0 Å². The number of hydrogen-bond donors (Lipinski definition) is 2. The molecule has 0 aliphatic heterocycles. The lowest BCUT2D eigenvalue weighted by Crippen LogP contribution is -2.36. The monoisotopic (exact) mass is 208 g/mol. The number of hydrogen-bond acceptors (Lipinski definition) is 4. The van der Waals surface area contributed by atoms with Crippen LogP contribution in [-0.4, -0.2) is 21.4 Å². The maximum Gasteiger partial charge on any atom is 0.219 e. The topological polar surface area (TPSA) is 80.9 Å². The van der Waals surface area contributed by atoms with E-state index >= 15 is 0 Å². The summed E-state index contributed by atoms with van der Waals surface area (Å²) in [6.07, 6.45) is 3.49. The summed E-state index contributed by atoms with van der Waals surface area (Å²) >= 11 is 0. The second kappa shape index (κ2) is 4.25. The number of anilines is 1. The van der Waals surface area contributed by atoms with Crippen molar-refractivity contribution in [2.75, 3.05) is 5.32 Å². The predicted octanol–water partition coefficient (Wildman–Crippen LogP) is 0.851. The van der Waals surface area contributed by atoms with Crippen LogP contribution in [0.1, 0.15) is 26.0 Å². The standard InChI is InChI=1S/C10H16N4O/c1-7-9(13-5-4-12-7)14-10(2,3)6-8(11)15/h4-5H,6H2,1-3H3,(H2,11,15)(H,13,14). The van der Waals surface area contributed by atoms with Gasteiger partial charge < -0.3 is 11.1 Å². The lowest BCUT2D eigenvalue weighted by atomic mass is 10.0. The molecule has 0 radical (unpaired) electrons. The number of nitrogens with zero attached hydrogens (tertiary/aromatic N) is 2. The molecule has 0 saturated carbocycles. The van der Waals surface area contributed by atoms with Gasteiger partial charge in [0, 0.05) is 24.4 Å². The fraction of sp³-hybridized carbons (Fsp3) is 0.500. The van der Waals surface area contributed by atoms with Crippen molar-refractivity contribution >= 4 is 11.7 Å². The molecule has 1 aromatic heterocycles. The van der Waals surface area contributed by atoms with E-state index in [4.69, 9.17) is 5.73 Å². The fourth-order valence-corrected chi connectivity index (χ4v) is 1.33. The first-order valence-electron chi connectivity index (χ1n) is 4.75. The van der Waals surface area contributed by atoms with Gasteiger partial charge in [-0.2, -0.15) is 0 Å². The summed E-state index contributed by atoms with van der Waals surface area (Å²) in [7, 11) is 0. The van der Waals surface area contributed by atoms with Crippen LogP contribution < -0.4 is 11.1 Å². The highest BCUT2D eigenvalue weighted by Crippen LogP contribution is 2.17. The molecule has 0 aliphatic carbocycles. The van der Waals surface area contributed by atoms with Crippen molar-refractivity contribution in [1.82, 2.24) is 9.97 Å². The van der Waals surface area contributed by atoms with Gasteiger partial charge in [0.15, 0.2) is 0 Å². The van der Waals surface area contributed by atoms with Crippen LogP contribution in [0.4, 0.5) is 5.82 Å². The van der Waals surface area contributed by atoms with Crippen molar-refractivity contribution in [3.8, 4) is 0 Å². The summed E-state index contributed by atoms with van der Waals surface area (Å²) in [6, 6.07) is 0. The van der Waals surface area contributed by atoms with Gasteiger partial charge in [0.1, 0.15) is 5.82 Å². The first-order valence-corrected chi connectivity index (χ1v) is 4.75. The Labute approximate surface area is 89.1 Å². The molecule has 0 spiro atoms. The van der Waals surface area contributed by atoms with Crippen LogP contribution in [0, 0.1) is 6.92 Å². The second-order valence-corrected chi connectivity index (χ2v) is 4.14. The first-order chi connectivity index (χ1) is 6.91. The molecule has 1 heterocycles. The number of rotatable bonds is 4. The molecule has 3 N–H and O–H groups in total. The Morgan fingerprint density at radius 3 is 2.60 bits per heavy atom. The van der Waals surface area contributed by atoms with Gasteiger partial charge in [0.2, 0.25) is 5.91 Å². The van der Waals surface area contributed by atoms with E-state index in [1.54, 1.807) is 12.4 Å². The van der Waals surface area contributed by atoms with Gasteiger partial charge in [-0.15, -0.1) is 0 Å². The fourth-order valence-electron chi connectivity index (χ4n) is 1.33. The van der Waals surface area contributed by atoms with Gasteiger partial charge in [-0.3, -0.25) is 9.78 Å². The summed E-state index contributed by atoms with van der Waals surface area (Å²) in [5, 5.41) is 3.14. The van der Waals surface area contributed by atoms with E-state index in [-0.39, 0.29) is 12.3 Å². The van der Waals surface area contributed by atoms with Gasteiger partial charge >= 0.3 is 0 Å². The SMILES string of the molecule is Cc1nccnc1NC(C)(C)CC(N)=O. The quantitative estimate of drug-likeness (QED) is 0.768. The number of primary amides is 1. The van der Waals surface area contributed by atoms with E-state index < -0.39 is 5.54 Å². The van der Waals surface area contributed by atoms with Crippen molar-refractivity contribution in [1.29, 1.82) is 0 Å². The van der Waals surface area contributed by atoms with Crippen LogP contribution in [0.15, 0.2) is 12.4 Å². The van der Waals surface area contributed by atoms with Crippen LogP contribution in [0.3, 0.4) is 0 Å². The predicted molar refractivity (Wildman–Crippen MR) is 58.3 cm³/mol. The third-order valence-corrected chi connectivity index (χ3v) is 1.95. The van der Waals surface area contributed by atoms with E-state index in [0.29, 0.717) is 5.82 Å². The maximum absolute atomic E-state index is 10.8. The summed E-state index contributed by atoms with van der Waals surface area (Å²) in [5.41, 5.74) is 5.55. The largest absolute Gasteiger partial charge is 0.370 e. The molecule has 82 valence electrons. The van der Waals surface area contributed by atoms with E-state index in [9.17, 15) is 4.79 Å². The van der Waals surface area contributed by atoms with Crippen LogP contribution in [0.5, 0.6) is 0 Å². The van der Waals surface area contributed by atoms with Crippen molar-refractivity contribution in [2.24, 2.45) is 5.73 Å². The average molecular weight is 208 g/mol. The minimum Gasteiger partial charge on any atom is -0.370 e. The molecule has 15 heavy (non-hydrogen) atoms. The molecule has 5 nitrogen and oxygen atoms in total. The number of aryl methyl sites for hydroxylation is 1. The van der Waals surface area contributed by atoms with Gasteiger partial charge in [0.05, 0.1) is 5.69 Å². The van der Waals surface area contributed by atoms with E-state index in [0.717, 1.165) is 5.69 Å². The summed E-state index contributed by atoms with van der Waals surface area (Å²) in [5.74, 6) is 0.345. The maximum atomic E-state index is 10.8. The molecule has 0 saturated heterocycles. The molecule has 0 atom stereocenters. The third kappa shape index (κ3) is 3.53. The highest BCUT2D eigenvalue weighted by atomic mass is 16.1. The van der Waals surface area contributed by atoms with Gasteiger partial charge in [-0.1, -0.05) is 0 Å². The zero-order chi connectivity index (χ0) is 11.5. The molecule has 0 fully saturated rings. The van der Waals surface area contributed by atoms with Crippen LogP contribution in [-0.2, 0) is 4.79 Å². The third-order valence-electron chi connectivity index (χ3n) is 1.95. The Balaban J connectivity index is 2.77. The molecule has 1 aromatic rings. The van der Waals surface area contributed by atoms with Crippen LogP contribution in [0.25, 0.3) is 0 Å².